The average molecular weight is 441 g/mol. The summed E-state index contributed by atoms with van der Waals surface area (Å²) < 4.78 is 0. The normalized spacial score (nSPS) is 12.7. The van der Waals surface area contributed by atoms with Crippen LogP contribution < -0.4 is 5.73 Å². The fourth-order valence-corrected chi connectivity index (χ4v) is 3.34. The van der Waals surface area contributed by atoms with Crippen LogP contribution in [0.5, 0.6) is 0 Å². The van der Waals surface area contributed by atoms with Gasteiger partial charge in [0.1, 0.15) is 11.8 Å². The van der Waals surface area contributed by atoms with Crippen molar-refractivity contribution in [3.05, 3.63) is 71.3 Å². The van der Waals surface area contributed by atoms with Gasteiger partial charge < -0.3 is 20.8 Å². The molecular formula is C25H23N5O3. The van der Waals surface area contributed by atoms with Gasteiger partial charge in [-0.1, -0.05) is 0 Å². The van der Waals surface area contributed by atoms with Crippen LogP contribution in [0.3, 0.4) is 0 Å². The number of aliphatic carboxylic acids is 1. The van der Waals surface area contributed by atoms with E-state index in [4.69, 9.17) is 10.8 Å². The van der Waals surface area contributed by atoms with Crippen LogP contribution in [-0.2, 0) is 9.59 Å². The van der Waals surface area contributed by atoms with Gasteiger partial charge in [-0.05, 0) is 79.8 Å². The van der Waals surface area contributed by atoms with Crippen molar-refractivity contribution < 1.29 is 14.7 Å². The molecule has 0 saturated carbocycles. The highest BCUT2D eigenvalue weighted by molar-refractivity contribution is 5.84. The number of Topliss-reactive ketones (excluding diaryl/α,β-unsaturated/α-hetero) is 1. The van der Waals surface area contributed by atoms with E-state index in [1.54, 1.807) is 0 Å². The van der Waals surface area contributed by atoms with Gasteiger partial charge in [-0.2, -0.15) is 0 Å². The van der Waals surface area contributed by atoms with Crippen LogP contribution in [0.2, 0.25) is 0 Å². The second kappa shape index (κ2) is 9.46. The SMILES string of the molecule is C1=Cc2cc3ccc(cc4nc(cc5ccc(cc1n2)[nH]5)C=C4)[nH]3.CC(=O)CC(N)C(=O)O. The zero-order valence-corrected chi connectivity index (χ0v) is 17.9. The van der Waals surface area contributed by atoms with E-state index in [0.29, 0.717) is 0 Å². The van der Waals surface area contributed by atoms with Crippen molar-refractivity contribution >= 4 is 58.1 Å². The van der Waals surface area contributed by atoms with Crippen molar-refractivity contribution in [2.24, 2.45) is 5.73 Å². The van der Waals surface area contributed by atoms with E-state index in [1.165, 1.54) is 6.92 Å². The number of carbonyl (C=O) groups excluding carboxylic acids is 1. The summed E-state index contributed by atoms with van der Waals surface area (Å²) >= 11 is 0. The summed E-state index contributed by atoms with van der Waals surface area (Å²) in [5.74, 6) is -1.34. The predicted molar refractivity (Wildman–Crippen MR) is 130 cm³/mol. The minimum absolute atomic E-state index is 0.0880. The third-order valence-electron chi connectivity index (χ3n) is 4.87. The largest absolute Gasteiger partial charge is 0.480 e. The Morgan fingerprint density at radius 3 is 1.36 bits per heavy atom. The number of H-pyrrole nitrogens is 2. The number of hydrogen-bond acceptors (Lipinski definition) is 5. The minimum atomic E-state index is -1.13. The third kappa shape index (κ3) is 5.90. The van der Waals surface area contributed by atoms with Gasteiger partial charge in [-0.15, -0.1) is 0 Å². The van der Waals surface area contributed by atoms with Crippen molar-refractivity contribution in [1.82, 2.24) is 19.9 Å². The Balaban J connectivity index is 0.000000248. The van der Waals surface area contributed by atoms with Crippen LogP contribution in [0, 0.1) is 0 Å². The highest BCUT2D eigenvalue weighted by Crippen LogP contribution is 2.16. The van der Waals surface area contributed by atoms with Gasteiger partial charge in [0.15, 0.2) is 0 Å². The lowest BCUT2D eigenvalue weighted by molar-refractivity contribution is -0.140. The maximum Gasteiger partial charge on any atom is 0.320 e. The minimum Gasteiger partial charge on any atom is -0.480 e. The molecule has 33 heavy (non-hydrogen) atoms. The smallest absolute Gasteiger partial charge is 0.320 e. The second-order valence-electron chi connectivity index (χ2n) is 7.76. The maximum atomic E-state index is 10.2. The first-order valence-corrected chi connectivity index (χ1v) is 10.4. The van der Waals surface area contributed by atoms with Crippen molar-refractivity contribution in [2.75, 3.05) is 0 Å². The van der Waals surface area contributed by atoms with Crippen LogP contribution in [0.4, 0.5) is 0 Å². The molecule has 1 atom stereocenters. The molecule has 5 N–H and O–H groups in total. The Bertz CT molecular complexity index is 1250. The maximum absolute atomic E-state index is 10.2. The number of aromatic nitrogens is 4. The highest BCUT2D eigenvalue weighted by Gasteiger charge is 2.12. The number of nitrogens with zero attached hydrogens (tertiary/aromatic N) is 2. The van der Waals surface area contributed by atoms with Crippen LogP contribution in [0.15, 0.2) is 48.5 Å². The fraction of sp³-hybridized carbons (Fsp3) is 0.120. The monoisotopic (exact) mass is 441 g/mol. The van der Waals surface area contributed by atoms with Crippen molar-refractivity contribution in [3.8, 4) is 0 Å². The van der Waals surface area contributed by atoms with Gasteiger partial charge in [0.05, 0.1) is 22.8 Å². The Morgan fingerprint density at radius 1 is 0.788 bits per heavy atom. The number of carboxylic acid groups (broad SMARTS) is 1. The van der Waals surface area contributed by atoms with Crippen LogP contribution in [0.25, 0.3) is 46.4 Å². The number of carbonyl (C=O) groups is 2. The molecule has 0 radical (unpaired) electrons. The quantitative estimate of drug-likeness (QED) is 0.333. The molecule has 0 spiro atoms. The number of nitrogens with two attached hydrogens (primary N) is 1. The Hall–Kier alpha value is -4.30. The van der Waals surface area contributed by atoms with Gasteiger partial charge in [-0.25, -0.2) is 9.97 Å². The predicted octanol–water partition coefficient (Wildman–Crippen LogP) is 4.03. The second-order valence-corrected chi connectivity index (χ2v) is 7.76. The first-order valence-electron chi connectivity index (χ1n) is 10.4. The zero-order valence-electron chi connectivity index (χ0n) is 17.9. The molecule has 5 heterocycles. The highest BCUT2D eigenvalue weighted by atomic mass is 16.4. The van der Waals surface area contributed by atoms with Crippen LogP contribution in [-0.4, -0.2) is 42.8 Å². The van der Waals surface area contributed by atoms with E-state index in [9.17, 15) is 9.59 Å². The van der Waals surface area contributed by atoms with Gasteiger partial charge in [-0.3, -0.25) is 9.59 Å². The standard InChI is InChI=1S/C20H14N4.C5H9NO3/c1-2-14-10-16-5-6-18(23-16)12-20-8-7-19(24-20)11-17-4-3-15(22-17)9-13(1)21-14;1-3(7)2-4(6)5(8)9/h1-12,21,24H;4H,2,6H2,1H3,(H,8,9). The average Bonchev–Trinajstić information content (AvgIpc) is 3.53. The van der Waals surface area contributed by atoms with E-state index in [-0.39, 0.29) is 12.2 Å². The lowest BCUT2D eigenvalue weighted by Crippen LogP contribution is -2.31. The summed E-state index contributed by atoms with van der Waals surface area (Å²) in [5.41, 5.74) is 12.9. The molecule has 0 amide bonds. The van der Waals surface area contributed by atoms with Crippen molar-refractivity contribution in [1.29, 1.82) is 0 Å². The molecule has 0 aromatic carbocycles. The third-order valence-corrected chi connectivity index (χ3v) is 4.87. The number of rotatable bonds is 3. The van der Waals surface area contributed by atoms with Crippen molar-refractivity contribution in [3.63, 3.8) is 0 Å². The number of aromatic amines is 2. The molecular weight excluding hydrogens is 418 g/mol. The van der Waals surface area contributed by atoms with Gasteiger partial charge in [0.2, 0.25) is 0 Å². The molecule has 3 aromatic heterocycles. The van der Waals surface area contributed by atoms with Crippen LogP contribution >= 0.6 is 0 Å². The van der Waals surface area contributed by atoms with E-state index < -0.39 is 12.0 Å². The molecule has 2 aliphatic rings. The Morgan fingerprint density at radius 2 is 1.12 bits per heavy atom. The topological polar surface area (TPSA) is 138 Å². The molecule has 1 unspecified atom stereocenters. The lowest BCUT2D eigenvalue weighted by Gasteiger charge is -2.00. The van der Waals surface area contributed by atoms with Gasteiger partial charge in [0.25, 0.3) is 0 Å². The summed E-state index contributed by atoms with van der Waals surface area (Å²) in [4.78, 5) is 36.2. The molecule has 5 rings (SSSR count). The van der Waals surface area contributed by atoms with E-state index in [0.717, 1.165) is 44.8 Å². The van der Waals surface area contributed by atoms with Gasteiger partial charge in [0, 0.05) is 28.5 Å². The molecule has 0 fully saturated rings. The fourth-order valence-electron chi connectivity index (χ4n) is 3.34. The van der Waals surface area contributed by atoms with Gasteiger partial charge >= 0.3 is 5.97 Å². The molecule has 166 valence electrons. The van der Waals surface area contributed by atoms with E-state index in [1.807, 2.05) is 48.6 Å². The number of nitrogens with one attached hydrogen (secondary N) is 2. The zero-order chi connectivity index (χ0) is 23.4. The molecule has 0 aliphatic carbocycles. The molecule has 3 aromatic rings. The molecule has 0 saturated heterocycles. The first-order chi connectivity index (χ1) is 15.8. The number of ketones is 1. The summed E-state index contributed by atoms with van der Waals surface area (Å²) in [6.45, 7) is 1.31. The molecule has 8 bridgehead atoms. The van der Waals surface area contributed by atoms with E-state index >= 15 is 0 Å². The summed E-state index contributed by atoms with van der Waals surface area (Å²) in [6.07, 6.45) is 8.00. The summed E-state index contributed by atoms with van der Waals surface area (Å²) in [6, 6.07) is 15.3. The van der Waals surface area contributed by atoms with Crippen LogP contribution in [0.1, 0.15) is 36.1 Å². The number of hydrogen-bond donors (Lipinski definition) is 4. The Kier molecular flexibility index (Phi) is 6.28. The molecule has 2 aliphatic heterocycles. The number of carboxylic acids is 1. The molecule has 8 nitrogen and oxygen atoms in total. The summed E-state index contributed by atoms with van der Waals surface area (Å²) in [7, 11) is 0. The van der Waals surface area contributed by atoms with E-state index in [2.05, 4.69) is 44.2 Å². The summed E-state index contributed by atoms with van der Waals surface area (Å²) in [5, 5.41) is 8.15. The number of fused-ring (bicyclic) bond motifs is 8. The molecule has 8 heteroatoms. The van der Waals surface area contributed by atoms with Crippen molar-refractivity contribution in [2.45, 2.75) is 19.4 Å². The lowest BCUT2D eigenvalue weighted by atomic mass is 10.2. The first kappa shape index (κ1) is 21.9. The Labute approximate surface area is 189 Å².